The SMILES string of the molecule is Cc1csc(=O)n1CCC(=O)NCc1ccc(OCc2ccccc2)cc1. The molecule has 5 nitrogen and oxygen atoms in total. The molecule has 6 heteroatoms. The van der Waals surface area contributed by atoms with Crippen LogP contribution in [0.4, 0.5) is 0 Å². The van der Waals surface area contributed by atoms with Crippen molar-refractivity contribution < 1.29 is 9.53 Å². The van der Waals surface area contributed by atoms with Crippen molar-refractivity contribution in [3.8, 4) is 5.75 Å². The fourth-order valence-corrected chi connectivity index (χ4v) is 3.38. The molecule has 1 amide bonds. The second-order valence-corrected chi connectivity index (χ2v) is 7.06. The minimum absolute atomic E-state index is 0.0219. The van der Waals surface area contributed by atoms with Gasteiger partial charge in [0.25, 0.3) is 0 Å². The Bertz CT molecular complexity index is 930. The van der Waals surface area contributed by atoms with Gasteiger partial charge in [0, 0.05) is 30.6 Å². The number of amides is 1. The predicted molar refractivity (Wildman–Crippen MR) is 107 cm³/mol. The van der Waals surface area contributed by atoms with Gasteiger partial charge in [-0.2, -0.15) is 0 Å². The third-order valence-electron chi connectivity index (χ3n) is 4.20. The van der Waals surface area contributed by atoms with Gasteiger partial charge in [-0.1, -0.05) is 53.8 Å². The Kier molecular flexibility index (Phi) is 6.44. The molecule has 0 aliphatic carbocycles. The number of carbonyl (C=O) groups excluding carboxylic acids is 1. The van der Waals surface area contributed by atoms with E-state index in [-0.39, 0.29) is 17.2 Å². The van der Waals surface area contributed by atoms with Crippen molar-refractivity contribution in [1.29, 1.82) is 0 Å². The van der Waals surface area contributed by atoms with Crippen LogP contribution in [0, 0.1) is 6.92 Å². The smallest absolute Gasteiger partial charge is 0.307 e. The van der Waals surface area contributed by atoms with Crippen LogP contribution in [0.1, 0.15) is 23.2 Å². The first-order valence-corrected chi connectivity index (χ1v) is 9.67. The summed E-state index contributed by atoms with van der Waals surface area (Å²) in [4.78, 5) is 23.6. The summed E-state index contributed by atoms with van der Waals surface area (Å²) in [6.45, 7) is 3.26. The number of nitrogens with one attached hydrogen (secondary N) is 1. The third-order valence-corrected chi connectivity index (χ3v) is 5.08. The van der Waals surface area contributed by atoms with Crippen LogP contribution in [-0.4, -0.2) is 10.5 Å². The maximum absolute atomic E-state index is 12.0. The fraction of sp³-hybridized carbons (Fsp3) is 0.238. The van der Waals surface area contributed by atoms with Gasteiger partial charge in [-0.3, -0.25) is 9.59 Å². The maximum Gasteiger partial charge on any atom is 0.307 e. The van der Waals surface area contributed by atoms with E-state index >= 15 is 0 Å². The van der Waals surface area contributed by atoms with E-state index in [0.29, 0.717) is 19.7 Å². The molecule has 1 heterocycles. The molecule has 0 saturated heterocycles. The van der Waals surface area contributed by atoms with Gasteiger partial charge in [-0.25, -0.2) is 0 Å². The van der Waals surface area contributed by atoms with E-state index in [2.05, 4.69) is 5.32 Å². The van der Waals surface area contributed by atoms with Gasteiger partial charge < -0.3 is 14.6 Å². The van der Waals surface area contributed by atoms with Gasteiger partial charge in [0.05, 0.1) is 0 Å². The van der Waals surface area contributed by atoms with Crippen molar-refractivity contribution in [1.82, 2.24) is 9.88 Å². The van der Waals surface area contributed by atoms with Crippen molar-refractivity contribution >= 4 is 17.2 Å². The number of hydrogen-bond acceptors (Lipinski definition) is 4. The summed E-state index contributed by atoms with van der Waals surface area (Å²) in [5, 5.41) is 4.69. The summed E-state index contributed by atoms with van der Waals surface area (Å²) in [7, 11) is 0. The Morgan fingerprint density at radius 2 is 1.81 bits per heavy atom. The lowest BCUT2D eigenvalue weighted by molar-refractivity contribution is -0.121. The Balaban J connectivity index is 1.43. The largest absolute Gasteiger partial charge is 0.489 e. The average molecular weight is 382 g/mol. The van der Waals surface area contributed by atoms with E-state index in [1.54, 1.807) is 4.57 Å². The molecule has 27 heavy (non-hydrogen) atoms. The third kappa shape index (κ3) is 5.56. The number of ether oxygens (including phenoxy) is 1. The van der Waals surface area contributed by atoms with Gasteiger partial charge >= 0.3 is 4.87 Å². The quantitative estimate of drug-likeness (QED) is 0.649. The highest BCUT2D eigenvalue weighted by Crippen LogP contribution is 2.14. The standard InChI is InChI=1S/C21H22N2O3S/c1-16-15-27-21(25)23(16)12-11-20(24)22-13-17-7-9-19(10-8-17)26-14-18-5-3-2-4-6-18/h2-10,15H,11-14H2,1H3,(H,22,24). The van der Waals surface area contributed by atoms with Crippen molar-refractivity contribution in [3.05, 3.63) is 86.5 Å². The maximum atomic E-state index is 12.0. The Labute approximate surface area is 162 Å². The molecule has 0 aliphatic heterocycles. The fourth-order valence-electron chi connectivity index (χ4n) is 2.62. The molecular weight excluding hydrogens is 360 g/mol. The summed E-state index contributed by atoms with van der Waals surface area (Å²) in [6.07, 6.45) is 0.287. The average Bonchev–Trinajstić information content (AvgIpc) is 3.02. The first-order valence-electron chi connectivity index (χ1n) is 8.79. The molecule has 0 saturated carbocycles. The number of carbonyl (C=O) groups is 1. The van der Waals surface area contributed by atoms with Crippen LogP contribution in [-0.2, 0) is 24.5 Å². The first-order chi connectivity index (χ1) is 13.1. The van der Waals surface area contributed by atoms with Crippen molar-refractivity contribution in [2.75, 3.05) is 0 Å². The first kappa shape index (κ1) is 18.9. The van der Waals surface area contributed by atoms with Gasteiger partial charge in [0.15, 0.2) is 0 Å². The van der Waals surface area contributed by atoms with Crippen molar-refractivity contribution in [2.24, 2.45) is 0 Å². The van der Waals surface area contributed by atoms with Crippen molar-refractivity contribution in [2.45, 2.75) is 33.0 Å². The Hall–Kier alpha value is -2.86. The second-order valence-electron chi connectivity index (χ2n) is 6.24. The van der Waals surface area contributed by atoms with E-state index < -0.39 is 0 Å². The summed E-state index contributed by atoms with van der Waals surface area (Å²) < 4.78 is 7.38. The monoisotopic (exact) mass is 382 g/mol. The van der Waals surface area contributed by atoms with Crippen LogP contribution in [0.25, 0.3) is 0 Å². The highest BCUT2D eigenvalue weighted by atomic mass is 32.1. The Morgan fingerprint density at radius 1 is 1.07 bits per heavy atom. The van der Waals surface area contributed by atoms with Gasteiger partial charge in [0.2, 0.25) is 5.91 Å². The molecule has 0 bridgehead atoms. The lowest BCUT2D eigenvalue weighted by Gasteiger charge is -2.09. The molecule has 0 spiro atoms. The minimum Gasteiger partial charge on any atom is -0.489 e. The minimum atomic E-state index is -0.0723. The molecule has 0 fully saturated rings. The van der Waals surface area contributed by atoms with E-state index in [1.165, 1.54) is 0 Å². The molecule has 3 rings (SSSR count). The van der Waals surface area contributed by atoms with Crippen LogP contribution < -0.4 is 14.9 Å². The highest BCUT2D eigenvalue weighted by Gasteiger charge is 2.06. The zero-order chi connectivity index (χ0) is 19.1. The molecule has 0 unspecified atom stereocenters. The van der Waals surface area contributed by atoms with Gasteiger partial charge in [0.1, 0.15) is 12.4 Å². The van der Waals surface area contributed by atoms with Gasteiger partial charge in [-0.15, -0.1) is 0 Å². The molecule has 3 aromatic rings. The molecule has 1 N–H and O–H groups in total. The lowest BCUT2D eigenvalue weighted by atomic mass is 10.2. The number of benzene rings is 2. The van der Waals surface area contributed by atoms with Crippen LogP contribution in [0.5, 0.6) is 5.75 Å². The molecular formula is C21H22N2O3S. The van der Waals surface area contributed by atoms with Crippen LogP contribution in [0.2, 0.25) is 0 Å². The second kappa shape index (κ2) is 9.19. The number of thiazole rings is 1. The topological polar surface area (TPSA) is 60.3 Å². The van der Waals surface area contributed by atoms with Crippen LogP contribution in [0.3, 0.4) is 0 Å². The number of rotatable bonds is 8. The van der Waals surface area contributed by atoms with E-state index in [9.17, 15) is 9.59 Å². The van der Waals surface area contributed by atoms with Crippen LogP contribution >= 0.6 is 11.3 Å². The number of nitrogens with zero attached hydrogens (tertiary/aromatic N) is 1. The lowest BCUT2D eigenvalue weighted by Crippen LogP contribution is -2.25. The predicted octanol–water partition coefficient (Wildman–Crippen LogP) is 3.50. The summed E-state index contributed by atoms with van der Waals surface area (Å²) in [6, 6.07) is 17.7. The van der Waals surface area contributed by atoms with Crippen molar-refractivity contribution in [3.63, 3.8) is 0 Å². The molecule has 0 radical (unpaired) electrons. The molecule has 1 aromatic heterocycles. The van der Waals surface area contributed by atoms with Gasteiger partial charge in [-0.05, 0) is 30.2 Å². The molecule has 0 aliphatic rings. The molecule has 140 valence electrons. The summed E-state index contributed by atoms with van der Waals surface area (Å²) >= 11 is 1.16. The number of aryl methyl sites for hydroxylation is 1. The molecule has 2 aromatic carbocycles. The van der Waals surface area contributed by atoms with Crippen LogP contribution in [0.15, 0.2) is 64.8 Å². The van der Waals surface area contributed by atoms with E-state index in [1.807, 2.05) is 66.9 Å². The summed E-state index contributed by atoms with van der Waals surface area (Å²) in [5.41, 5.74) is 3.01. The highest BCUT2D eigenvalue weighted by molar-refractivity contribution is 7.07. The number of aromatic nitrogens is 1. The zero-order valence-electron chi connectivity index (χ0n) is 15.2. The molecule has 0 atom stereocenters. The van der Waals surface area contributed by atoms with E-state index in [0.717, 1.165) is 33.9 Å². The zero-order valence-corrected chi connectivity index (χ0v) is 16.0. The normalized spacial score (nSPS) is 10.6. The Morgan fingerprint density at radius 3 is 2.48 bits per heavy atom. The summed E-state index contributed by atoms with van der Waals surface area (Å²) in [5.74, 6) is 0.721. The van der Waals surface area contributed by atoms with E-state index in [4.69, 9.17) is 4.74 Å². The number of hydrogen-bond donors (Lipinski definition) is 1.